The van der Waals surface area contributed by atoms with Crippen LogP contribution < -0.4 is 5.32 Å². The summed E-state index contributed by atoms with van der Waals surface area (Å²) in [5.74, 6) is 0.0168. The first-order chi connectivity index (χ1) is 12.1. The van der Waals surface area contributed by atoms with Crippen molar-refractivity contribution < 1.29 is 9.63 Å². The molecule has 1 amide bonds. The lowest BCUT2D eigenvalue weighted by molar-refractivity contribution is 0.0945. The summed E-state index contributed by atoms with van der Waals surface area (Å²) in [6.07, 6.45) is 12.6. The largest absolute Gasteiger partial charge is 0.365 e. The van der Waals surface area contributed by atoms with E-state index in [1.165, 1.54) is 36.1 Å². The Kier molecular flexibility index (Phi) is 5.91. The van der Waals surface area contributed by atoms with E-state index in [0.29, 0.717) is 6.54 Å². The Bertz CT molecular complexity index is 626. The number of thiophene rings is 1. The Morgan fingerprint density at radius 3 is 2.84 bits per heavy atom. The zero-order chi connectivity index (χ0) is 17.7. The third-order valence-electron chi connectivity index (χ3n) is 4.74. The van der Waals surface area contributed by atoms with Gasteiger partial charge < -0.3 is 15.1 Å². The lowest BCUT2D eigenvalue weighted by Crippen LogP contribution is -2.44. The monoisotopic (exact) mass is 361 g/mol. The minimum Gasteiger partial charge on any atom is -0.365 e. The highest BCUT2D eigenvalue weighted by molar-refractivity contribution is 7.14. The predicted octanol–water partition coefficient (Wildman–Crippen LogP) is 3.21. The minimum absolute atomic E-state index is 0.0168. The fraction of sp³-hybridized carbons (Fsp3) is 0.579. The highest BCUT2D eigenvalue weighted by Gasteiger charge is 2.29. The van der Waals surface area contributed by atoms with E-state index in [9.17, 15) is 4.79 Å². The van der Waals surface area contributed by atoms with Crippen LogP contribution in [0.5, 0.6) is 0 Å². The maximum atomic E-state index is 12.7. The van der Waals surface area contributed by atoms with E-state index in [1.54, 1.807) is 23.8 Å². The van der Waals surface area contributed by atoms with Gasteiger partial charge in [-0.3, -0.25) is 4.79 Å². The molecule has 1 aliphatic carbocycles. The van der Waals surface area contributed by atoms with Crippen molar-refractivity contribution in [3.8, 4) is 0 Å². The van der Waals surface area contributed by atoms with E-state index in [2.05, 4.69) is 21.4 Å². The van der Waals surface area contributed by atoms with Gasteiger partial charge in [-0.25, -0.2) is 0 Å². The molecule has 1 aromatic rings. The van der Waals surface area contributed by atoms with Crippen LogP contribution in [0.15, 0.2) is 23.6 Å². The molecule has 6 heteroatoms. The summed E-state index contributed by atoms with van der Waals surface area (Å²) in [4.78, 5) is 22.0. The van der Waals surface area contributed by atoms with Crippen molar-refractivity contribution in [2.75, 3.05) is 27.2 Å². The van der Waals surface area contributed by atoms with Crippen molar-refractivity contribution in [2.24, 2.45) is 10.6 Å². The van der Waals surface area contributed by atoms with Gasteiger partial charge in [0.25, 0.3) is 5.91 Å². The van der Waals surface area contributed by atoms with E-state index in [0.717, 1.165) is 24.3 Å². The number of amides is 1. The van der Waals surface area contributed by atoms with Crippen LogP contribution >= 0.6 is 11.3 Å². The third kappa shape index (κ3) is 4.70. The Balaban J connectivity index is 1.67. The Morgan fingerprint density at radius 1 is 1.32 bits per heavy atom. The molecule has 136 valence electrons. The van der Waals surface area contributed by atoms with Crippen molar-refractivity contribution in [3.63, 3.8) is 0 Å². The van der Waals surface area contributed by atoms with Gasteiger partial charge in [0, 0.05) is 18.0 Å². The molecule has 0 bridgehead atoms. The molecule has 1 aliphatic heterocycles. The smallest absolute Gasteiger partial charge is 0.261 e. The Morgan fingerprint density at radius 2 is 2.12 bits per heavy atom. The summed E-state index contributed by atoms with van der Waals surface area (Å²) in [6, 6.07) is 2.10. The van der Waals surface area contributed by atoms with Gasteiger partial charge in [0.1, 0.15) is 6.26 Å². The topological polar surface area (TPSA) is 53.9 Å². The van der Waals surface area contributed by atoms with Gasteiger partial charge in [0.05, 0.1) is 16.5 Å². The number of carbonyl (C=O) groups is 1. The molecule has 0 fully saturated rings. The van der Waals surface area contributed by atoms with Crippen LogP contribution in [0.1, 0.15) is 45.8 Å². The second-order valence-corrected chi connectivity index (χ2v) is 8.41. The van der Waals surface area contributed by atoms with Gasteiger partial charge in [0.15, 0.2) is 0 Å². The minimum atomic E-state index is -0.330. The standard InChI is InChI=1S/C19H27N3O2S/c1-22(2)14-19(9-10-24-21-13-19)12-20-18(23)17-11-15-7-5-3-4-6-8-16(15)25-17/h9-11,13H,3-8,12,14H2,1-2H3,(H,20,23). The van der Waals surface area contributed by atoms with Gasteiger partial charge in [-0.1, -0.05) is 18.0 Å². The molecule has 5 nitrogen and oxygen atoms in total. The van der Waals surface area contributed by atoms with Crippen molar-refractivity contribution in [1.29, 1.82) is 0 Å². The highest BCUT2D eigenvalue weighted by atomic mass is 32.1. The van der Waals surface area contributed by atoms with E-state index in [-0.39, 0.29) is 11.3 Å². The summed E-state index contributed by atoms with van der Waals surface area (Å²) in [6.45, 7) is 1.27. The van der Waals surface area contributed by atoms with Crippen molar-refractivity contribution in [1.82, 2.24) is 10.2 Å². The molecule has 1 atom stereocenters. The van der Waals surface area contributed by atoms with Crippen molar-refractivity contribution in [2.45, 2.75) is 38.5 Å². The van der Waals surface area contributed by atoms with Crippen LogP contribution in [0.4, 0.5) is 0 Å². The summed E-state index contributed by atoms with van der Waals surface area (Å²) < 4.78 is 0. The molecule has 0 aromatic carbocycles. The number of nitrogens with zero attached hydrogens (tertiary/aromatic N) is 2. The van der Waals surface area contributed by atoms with E-state index < -0.39 is 0 Å². The van der Waals surface area contributed by atoms with E-state index >= 15 is 0 Å². The maximum absolute atomic E-state index is 12.7. The molecule has 0 saturated heterocycles. The fourth-order valence-corrected chi connectivity index (χ4v) is 4.68. The normalized spacial score (nSPS) is 22.8. The summed E-state index contributed by atoms with van der Waals surface area (Å²) in [5, 5.41) is 7.02. The van der Waals surface area contributed by atoms with Gasteiger partial charge in [-0.2, -0.15) is 0 Å². The van der Waals surface area contributed by atoms with Gasteiger partial charge in [-0.05, 0) is 57.5 Å². The molecule has 3 rings (SSSR count). The molecule has 2 heterocycles. The zero-order valence-corrected chi connectivity index (χ0v) is 15.9. The quantitative estimate of drug-likeness (QED) is 0.876. The second-order valence-electron chi connectivity index (χ2n) is 7.27. The molecule has 1 unspecified atom stereocenters. The number of hydrogen-bond donors (Lipinski definition) is 1. The first-order valence-corrected chi connectivity index (χ1v) is 9.82. The summed E-state index contributed by atoms with van der Waals surface area (Å²) >= 11 is 1.67. The molecule has 0 saturated carbocycles. The predicted molar refractivity (Wildman–Crippen MR) is 102 cm³/mol. The lowest BCUT2D eigenvalue weighted by Gasteiger charge is -2.30. The molecule has 25 heavy (non-hydrogen) atoms. The maximum Gasteiger partial charge on any atom is 0.261 e. The van der Waals surface area contributed by atoms with Gasteiger partial charge >= 0.3 is 0 Å². The molecule has 2 aliphatic rings. The number of nitrogens with one attached hydrogen (secondary N) is 1. The van der Waals surface area contributed by atoms with E-state index in [4.69, 9.17) is 4.84 Å². The third-order valence-corrected chi connectivity index (χ3v) is 5.98. The highest BCUT2D eigenvalue weighted by Crippen LogP contribution is 2.29. The van der Waals surface area contributed by atoms with Crippen LogP contribution in [-0.2, 0) is 17.7 Å². The number of rotatable bonds is 5. The first-order valence-electron chi connectivity index (χ1n) is 9.01. The molecular formula is C19H27N3O2S. The van der Waals surface area contributed by atoms with Gasteiger partial charge in [-0.15, -0.1) is 11.3 Å². The number of hydrogen-bond acceptors (Lipinski definition) is 5. The molecule has 0 spiro atoms. The number of oxime groups is 1. The number of aryl methyl sites for hydroxylation is 2. The number of fused-ring (bicyclic) bond motifs is 1. The van der Waals surface area contributed by atoms with Gasteiger partial charge in [0.2, 0.25) is 0 Å². The fourth-order valence-electron chi connectivity index (χ4n) is 3.51. The average Bonchev–Trinajstić information content (AvgIpc) is 2.95. The van der Waals surface area contributed by atoms with Crippen LogP contribution in [0, 0.1) is 5.41 Å². The van der Waals surface area contributed by atoms with Crippen LogP contribution in [0.3, 0.4) is 0 Å². The SMILES string of the molecule is CN(C)CC1(CNC(=O)c2cc3c(s2)CCCCCC3)C=CON=C1. The zero-order valence-electron chi connectivity index (χ0n) is 15.1. The summed E-state index contributed by atoms with van der Waals surface area (Å²) in [5.41, 5.74) is 1.05. The van der Waals surface area contributed by atoms with E-state index in [1.807, 2.05) is 20.2 Å². The van der Waals surface area contributed by atoms with Crippen LogP contribution in [-0.4, -0.2) is 44.2 Å². The molecule has 1 N–H and O–H groups in total. The van der Waals surface area contributed by atoms with Crippen molar-refractivity contribution >= 4 is 23.5 Å². The molecular weight excluding hydrogens is 334 g/mol. The summed E-state index contributed by atoms with van der Waals surface area (Å²) in [7, 11) is 4.03. The number of carbonyl (C=O) groups excluding carboxylic acids is 1. The Labute approximate surface area is 153 Å². The van der Waals surface area contributed by atoms with Crippen LogP contribution in [0.2, 0.25) is 0 Å². The Hall–Kier alpha value is -1.66. The lowest BCUT2D eigenvalue weighted by atomic mass is 9.88. The average molecular weight is 362 g/mol. The second kappa shape index (κ2) is 8.15. The van der Waals surface area contributed by atoms with Crippen LogP contribution in [0.25, 0.3) is 0 Å². The molecule has 0 radical (unpaired) electrons. The molecule has 1 aromatic heterocycles. The van der Waals surface area contributed by atoms with Crippen molar-refractivity contribution in [3.05, 3.63) is 33.7 Å². The first kappa shape index (κ1) is 18.1.